The first-order valence-electron chi connectivity index (χ1n) is 7.80. The molecule has 0 unspecified atom stereocenters. The van der Waals surface area contributed by atoms with E-state index in [1.165, 1.54) is 44.2 Å². The predicted molar refractivity (Wildman–Crippen MR) is 77.0 cm³/mol. The van der Waals surface area contributed by atoms with Crippen molar-refractivity contribution in [2.24, 2.45) is 5.92 Å². The Morgan fingerprint density at radius 3 is 2.30 bits per heavy atom. The van der Waals surface area contributed by atoms with E-state index >= 15 is 0 Å². The largest absolute Gasteiger partial charge is 0.335 e. The minimum atomic E-state index is -0.285. The summed E-state index contributed by atoms with van der Waals surface area (Å²) in [6, 6.07) is 6.38. The topological polar surface area (TPSA) is 20.3 Å². The summed E-state index contributed by atoms with van der Waals surface area (Å²) in [6.45, 7) is 0.890. The van der Waals surface area contributed by atoms with Gasteiger partial charge < -0.3 is 4.90 Å². The molecule has 2 fully saturated rings. The third-order valence-corrected chi connectivity index (χ3v) is 4.52. The van der Waals surface area contributed by atoms with Crippen molar-refractivity contribution >= 4 is 5.91 Å². The molecule has 1 aromatic rings. The second kappa shape index (κ2) is 5.94. The van der Waals surface area contributed by atoms with Gasteiger partial charge in [-0.1, -0.05) is 19.3 Å². The van der Waals surface area contributed by atoms with Gasteiger partial charge in [0.15, 0.2) is 0 Å². The fourth-order valence-corrected chi connectivity index (χ4v) is 3.19. The molecule has 0 aliphatic heterocycles. The van der Waals surface area contributed by atoms with Crippen LogP contribution in [0.5, 0.6) is 0 Å². The fraction of sp³-hybridized carbons (Fsp3) is 0.588. The Bertz CT molecular complexity index is 460. The number of halogens is 1. The van der Waals surface area contributed by atoms with Gasteiger partial charge >= 0.3 is 0 Å². The lowest BCUT2D eigenvalue weighted by Gasteiger charge is -2.30. The zero-order valence-corrected chi connectivity index (χ0v) is 11.9. The summed E-state index contributed by atoms with van der Waals surface area (Å²) in [6.07, 6.45) is 8.69. The van der Waals surface area contributed by atoms with Crippen molar-refractivity contribution in [3.63, 3.8) is 0 Å². The smallest absolute Gasteiger partial charge is 0.254 e. The average Bonchev–Trinajstić information content (AvgIpc) is 3.30. The number of hydrogen-bond acceptors (Lipinski definition) is 1. The molecule has 2 nitrogen and oxygen atoms in total. The second-order valence-electron chi connectivity index (χ2n) is 6.20. The van der Waals surface area contributed by atoms with E-state index in [2.05, 4.69) is 0 Å². The molecule has 0 heterocycles. The molecular weight excluding hydrogens is 253 g/mol. The van der Waals surface area contributed by atoms with Crippen LogP contribution >= 0.6 is 0 Å². The number of nitrogens with zero attached hydrogens (tertiary/aromatic N) is 1. The maximum absolute atomic E-state index is 13.0. The lowest BCUT2D eigenvalue weighted by Crippen LogP contribution is -2.37. The Morgan fingerprint density at radius 1 is 1.05 bits per heavy atom. The molecule has 0 bridgehead atoms. The minimum Gasteiger partial charge on any atom is -0.335 e. The zero-order chi connectivity index (χ0) is 13.9. The monoisotopic (exact) mass is 275 g/mol. The van der Waals surface area contributed by atoms with Crippen LogP contribution in [0.15, 0.2) is 24.3 Å². The molecule has 20 heavy (non-hydrogen) atoms. The van der Waals surface area contributed by atoms with Gasteiger partial charge in [0.05, 0.1) is 0 Å². The van der Waals surface area contributed by atoms with E-state index in [0.717, 1.165) is 19.4 Å². The van der Waals surface area contributed by atoms with Crippen molar-refractivity contribution in [2.45, 2.75) is 51.0 Å². The SMILES string of the molecule is O=C(c1ccc(F)cc1)N(CC1CCCCC1)C1CC1. The van der Waals surface area contributed by atoms with E-state index in [0.29, 0.717) is 17.5 Å². The van der Waals surface area contributed by atoms with E-state index in [1.54, 1.807) is 12.1 Å². The molecule has 0 saturated heterocycles. The third kappa shape index (κ3) is 3.20. The van der Waals surface area contributed by atoms with Crippen molar-refractivity contribution < 1.29 is 9.18 Å². The first-order chi connectivity index (χ1) is 9.74. The highest BCUT2D eigenvalue weighted by Crippen LogP contribution is 2.32. The summed E-state index contributed by atoms with van der Waals surface area (Å²) < 4.78 is 13.0. The van der Waals surface area contributed by atoms with Gasteiger partial charge in [-0.3, -0.25) is 4.79 Å². The summed E-state index contributed by atoms with van der Waals surface area (Å²) in [5.74, 6) is 0.457. The Morgan fingerprint density at radius 2 is 1.70 bits per heavy atom. The lowest BCUT2D eigenvalue weighted by atomic mass is 9.89. The van der Waals surface area contributed by atoms with E-state index in [9.17, 15) is 9.18 Å². The van der Waals surface area contributed by atoms with Gasteiger partial charge in [-0.2, -0.15) is 0 Å². The summed E-state index contributed by atoms with van der Waals surface area (Å²) in [5.41, 5.74) is 0.620. The first-order valence-corrected chi connectivity index (χ1v) is 7.80. The Balaban J connectivity index is 1.69. The maximum atomic E-state index is 13.0. The molecule has 0 spiro atoms. The molecule has 108 valence electrons. The molecule has 3 rings (SSSR count). The number of carbonyl (C=O) groups is 1. The Hall–Kier alpha value is -1.38. The highest BCUT2D eigenvalue weighted by atomic mass is 19.1. The lowest BCUT2D eigenvalue weighted by molar-refractivity contribution is 0.0699. The molecular formula is C17H22FNO. The average molecular weight is 275 g/mol. The van der Waals surface area contributed by atoms with Crippen LogP contribution in [0.1, 0.15) is 55.3 Å². The van der Waals surface area contributed by atoms with Crippen LogP contribution in [0.2, 0.25) is 0 Å². The molecule has 3 heteroatoms. The molecule has 1 amide bonds. The summed E-state index contributed by atoms with van der Waals surface area (Å²) in [7, 11) is 0. The third-order valence-electron chi connectivity index (χ3n) is 4.52. The number of amides is 1. The van der Waals surface area contributed by atoms with Crippen molar-refractivity contribution in [2.75, 3.05) is 6.54 Å². The molecule has 0 atom stereocenters. The molecule has 0 radical (unpaired) electrons. The second-order valence-corrected chi connectivity index (χ2v) is 6.20. The fourth-order valence-electron chi connectivity index (χ4n) is 3.19. The first kappa shape index (κ1) is 13.6. The predicted octanol–water partition coefficient (Wildman–Crippen LogP) is 4.01. The number of benzene rings is 1. The molecule has 2 aliphatic carbocycles. The normalized spacial score (nSPS) is 19.9. The summed E-state index contributed by atoms with van der Waals surface area (Å²) >= 11 is 0. The van der Waals surface area contributed by atoms with Gasteiger partial charge in [0.2, 0.25) is 0 Å². The highest BCUT2D eigenvalue weighted by Gasteiger charge is 2.34. The van der Waals surface area contributed by atoms with Gasteiger partial charge in [0, 0.05) is 18.2 Å². The molecule has 0 N–H and O–H groups in total. The van der Waals surface area contributed by atoms with Crippen LogP contribution in [-0.2, 0) is 0 Å². The Kier molecular flexibility index (Phi) is 4.04. The number of carbonyl (C=O) groups excluding carboxylic acids is 1. The van der Waals surface area contributed by atoms with Crippen molar-refractivity contribution in [1.82, 2.24) is 4.90 Å². The van der Waals surface area contributed by atoms with Crippen LogP contribution in [-0.4, -0.2) is 23.4 Å². The van der Waals surface area contributed by atoms with E-state index < -0.39 is 0 Å². The van der Waals surface area contributed by atoms with Gasteiger partial charge in [-0.25, -0.2) is 4.39 Å². The molecule has 1 aromatic carbocycles. The zero-order valence-electron chi connectivity index (χ0n) is 11.9. The molecule has 0 aromatic heterocycles. The summed E-state index contributed by atoms with van der Waals surface area (Å²) in [5, 5.41) is 0. The van der Waals surface area contributed by atoms with Crippen LogP contribution in [0.4, 0.5) is 4.39 Å². The van der Waals surface area contributed by atoms with E-state index in [4.69, 9.17) is 0 Å². The Labute approximate surface area is 120 Å². The van der Waals surface area contributed by atoms with Crippen LogP contribution in [0.25, 0.3) is 0 Å². The van der Waals surface area contributed by atoms with Crippen molar-refractivity contribution in [1.29, 1.82) is 0 Å². The quantitative estimate of drug-likeness (QED) is 0.813. The highest BCUT2D eigenvalue weighted by molar-refractivity contribution is 5.94. The van der Waals surface area contributed by atoms with Crippen LogP contribution in [0, 0.1) is 11.7 Å². The van der Waals surface area contributed by atoms with Gasteiger partial charge in [-0.05, 0) is 55.9 Å². The van der Waals surface area contributed by atoms with Gasteiger partial charge in [-0.15, -0.1) is 0 Å². The summed E-state index contributed by atoms with van der Waals surface area (Å²) in [4.78, 5) is 14.7. The molecule has 2 aliphatic rings. The van der Waals surface area contributed by atoms with Crippen LogP contribution < -0.4 is 0 Å². The van der Waals surface area contributed by atoms with Gasteiger partial charge in [0.1, 0.15) is 5.82 Å². The van der Waals surface area contributed by atoms with Crippen LogP contribution in [0.3, 0.4) is 0 Å². The van der Waals surface area contributed by atoms with Crippen molar-refractivity contribution in [3.8, 4) is 0 Å². The van der Waals surface area contributed by atoms with Crippen molar-refractivity contribution in [3.05, 3.63) is 35.6 Å². The number of rotatable bonds is 4. The van der Waals surface area contributed by atoms with Gasteiger partial charge in [0.25, 0.3) is 5.91 Å². The number of hydrogen-bond donors (Lipinski definition) is 0. The maximum Gasteiger partial charge on any atom is 0.254 e. The van der Waals surface area contributed by atoms with E-state index in [-0.39, 0.29) is 11.7 Å². The minimum absolute atomic E-state index is 0.0815. The standard InChI is InChI=1S/C17H22FNO/c18-15-8-6-14(7-9-15)17(20)19(16-10-11-16)12-13-4-2-1-3-5-13/h6-9,13,16H,1-5,10-12H2. The molecule has 2 saturated carbocycles. The van der Waals surface area contributed by atoms with E-state index in [1.807, 2.05) is 4.90 Å².